The molecule has 1 aromatic carbocycles. The first-order valence-electron chi connectivity index (χ1n) is 6.30. The highest BCUT2D eigenvalue weighted by Crippen LogP contribution is 2.39. The molecule has 1 fully saturated rings. The average molecular weight is 228 g/mol. The maximum atomic E-state index is 8.94. The van der Waals surface area contributed by atoms with Crippen molar-refractivity contribution in [1.82, 2.24) is 0 Å². The van der Waals surface area contributed by atoms with Gasteiger partial charge in [-0.3, -0.25) is 0 Å². The molecule has 0 aromatic heterocycles. The molecule has 1 aliphatic rings. The monoisotopic (exact) mass is 228 g/mol. The molecule has 2 rings (SSSR count). The first kappa shape index (κ1) is 12.0. The van der Waals surface area contributed by atoms with Crippen LogP contribution in [-0.4, -0.2) is 6.04 Å². The Kier molecular flexibility index (Phi) is 3.11. The third kappa shape index (κ3) is 2.44. The highest BCUT2D eigenvalue weighted by molar-refractivity contribution is 5.56. The zero-order valence-corrected chi connectivity index (χ0v) is 10.9. The summed E-state index contributed by atoms with van der Waals surface area (Å²) < 4.78 is 0. The Balaban J connectivity index is 2.21. The van der Waals surface area contributed by atoms with Crippen LogP contribution in [-0.2, 0) is 0 Å². The van der Waals surface area contributed by atoms with Gasteiger partial charge in [-0.25, -0.2) is 0 Å². The van der Waals surface area contributed by atoms with Gasteiger partial charge in [-0.05, 0) is 42.9 Å². The van der Waals surface area contributed by atoms with E-state index in [9.17, 15) is 0 Å². The maximum absolute atomic E-state index is 8.94. The summed E-state index contributed by atoms with van der Waals surface area (Å²) in [4.78, 5) is 0. The normalized spacial score (nSPS) is 22.1. The molecule has 2 nitrogen and oxygen atoms in total. The summed E-state index contributed by atoms with van der Waals surface area (Å²) in [6.07, 6.45) is 3.80. The maximum Gasteiger partial charge on any atom is 0.0992 e. The second-order valence-corrected chi connectivity index (χ2v) is 5.72. The highest BCUT2D eigenvalue weighted by atomic mass is 14.9. The molecular weight excluding hydrogens is 208 g/mol. The van der Waals surface area contributed by atoms with Crippen molar-refractivity contribution in [3.63, 3.8) is 0 Å². The first-order chi connectivity index (χ1) is 8.03. The van der Waals surface area contributed by atoms with E-state index in [-0.39, 0.29) is 0 Å². The van der Waals surface area contributed by atoms with Crippen LogP contribution in [0.1, 0.15) is 44.2 Å². The van der Waals surface area contributed by atoms with Crippen LogP contribution in [0, 0.1) is 23.7 Å². The van der Waals surface area contributed by atoms with E-state index in [4.69, 9.17) is 5.26 Å². The fourth-order valence-corrected chi connectivity index (χ4v) is 2.63. The molecule has 1 saturated carbocycles. The van der Waals surface area contributed by atoms with Crippen molar-refractivity contribution in [2.75, 3.05) is 5.32 Å². The molecule has 0 saturated heterocycles. The van der Waals surface area contributed by atoms with E-state index < -0.39 is 0 Å². The number of nitrogens with one attached hydrogen (secondary N) is 1. The van der Waals surface area contributed by atoms with Crippen molar-refractivity contribution in [2.24, 2.45) is 5.41 Å². The quantitative estimate of drug-likeness (QED) is 0.834. The number of hydrogen-bond donors (Lipinski definition) is 1. The van der Waals surface area contributed by atoms with Gasteiger partial charge in [0.15, 0.2) is 0 Å². The van der Waals surface area contributed by atoms with E-state index in [1.54, 1.807) is 0 Å². The molecule has 0 spiro atoms. The molecule has 1 aliphatic carbocycles. The summed E-state index contributed by atoms with van der Waals surface area (Å²) in [5.74, 6) is 0. The van der Waals surface area contributed by atoms with Crippen molar-refractivity contribution in [2.45, 2.75) is 46.1 Å². The molecule has 90 valence electrons. The van der Waals surface area contributed by atoms with Crippen LogP contribution in [0.2, 0.25) is 0 Å². The molecule has 1 unspecified atom stereocenters. The van der Waals surface area contributed by atoms with Gasteiger partial charge in [0.05, 0.1) is 11.6 Å². The number of anilines is 1. The van der Waals surface area contributed by atoms with Crippen LogP contribution < -0.4 is 5.32 Å². The fourth-order valence-electron chi connectivity index (χ4n) is 2.63. The molecule has 0 aliphatic heterocycles. The highest BCUT2D eigenvalue weighted by Gasteiger charge is 2.34. The number of benzene rings is 1. The molecular formula is C15H20N2. The molecule has 0 heterocycles. The van der Waals surface area contributed by atoms with Gasteiger partial charge in [0.1, 0.15) is 0 Å². The van der Waals surface area contributed by atoms with E-state index >= 15 is 0 Å². The van der Waals surface area contributed by atoms with Gasteiger partial charge in [-0.2, -0.15) is 5.26 Å². The number of aryl methyl sites for hydroxylation is 1. The van der Waals surface area contributed by atoms with Crippen LogP contribution in [0.3, 0.4) is 0 Å². The molecule has 0 bridgehead atoms. The minimum Gasteiger partial charge on any atom is -0.382 e. The lowest BCUT2D eigenvalue weighted by atomic mass is 9.87. The first-order valence-corrected chi connectivity index (χ1v) is 6.30. The number of nitriles is 1. The van der Waals surface area contributed by atoms with Crippen molar-refractivity contribution in [3.05, 3.63) is 29.3 Å². The Morgan fingerprint density at radius 2 is 2.18 bits per heavy atom. The Bertz CT molecular complexity index is 454. The van der Waals surface area contributed by atoms with Crippen molar-refractivity contribution < 1.29 is 0 Å². The van der Waals surface area contributed by atoms with E-state index in [0.717, 1.165) is 11.3 Å². The standard InChI is InChI=1S/C15H20N2/c1-11-6-7-12(10-16)9-13(11)17-14-5-4-8-15(14,2)3/h6-7,9,14,17H,4-5,8H2,1-3H3. The van der Waals surface area contributed by atoms with Gasteiger partial charge in [-0.1, -0.05) is 26.3 Å². The zero-order valence-electron chi connectivity index (χ0n) is 10.9. The predicted octanol–water partition coefficient (Wildman–Crippen LogP) is 3.86. The van der Waals surface area contributed by atoms with Crippen LogP contribution in [0.5, 0.6) is 0 Å². The number of rotatable bonds is 2. The van der Waals surface area contributed by atoms with Gasteiger partial charge in [0.25, 0.3) is 0 Å². The van der Waals surface area contributed by atoms with Gasteiger partial charge >= 0.3 is 0 Å². The van der Waals surface area contributed by atoms with Crippen LogP contribution in [0.25, 0.3) is 0 Å². The molecule has 1 atom stereocenters. The van der Waals surface area contributed by atoms with E-state index in [1.807, 2.05) is 18.2 Å². The van der Waals surface area contributed by atoms with Gasteiger partial charge in [-0.15, -0.1) is 0 Å². The lowest BCUT2D eigenvalue weighted by Gasteiger charge is -2.29. The van der Waals surface area contributed by atoms with Gasteiger partial charge in [0, 0.05) is 11.7 Å². The summed E-state index contributed by atoms with van der Waals surface area (Å²) in [5.41, 5.74) is 3.42. The minimum absolute atomic E-state index is 0.356. The summed E-state index contributed by atoms with van der Waals surface area (Å²) in [5, 5.41) is 12.6. The van der Waals surface area contributed by atoms with Crippen molar-refractivity contribution in [1.29, 1.82) is 5.26 Å². The minimum atomic E-state index is 0.356. The Hall–Kier alpha value is -1.49. The lowest BCUT2D eigenvalue weighted by molar-refractivity contribution is 0.350. The average Bonchev–Trinajstić information content (AvgIpc) is 2.61. The second kappa shape index (κ2) is 4.41. The Labute approximate surface area is 104 Å². The SMILES string of the molecule is Cc1ccc(C#N)cc1NC1CCCC1(C)C. The van der Waals surface area contributed by atoms with E-state index in [2.05, 4.69) is 32.2 Å². The summed E-state index contributed by atoms with van der Waals surface area (Å²) in [7, 11) is 0. The van der Waals surface area contributed by atoms with Gasteiger partial charge in [0.2, 0.25) is 0 Å². The van der Waals surface area contributed by atoms with Crippen molar-refractivity contribution in [3.8, 4) is 6.07 Å². The number of nitrogens with zero attached hydrogens (tertiary/aromatic N) is 1. The topological polar surface area (TPSA) is 35.8 Å². The van der Waals surface area contributed by atoms with E-state index in [0.29, 0.717) is 11.5 Å². The molecule has 1 aromatic rings. The zero-order chi connectivity index (χ0) is 12.5. The molecule has 0 amide bonds. The third-order valence-electron chi connectivity index (χ3n) is 3.95. The fraction of sp³-hybridized carbons (Fsp3) is 0.533. The third-order valence-corrected chi connectivity index (χ3v) is 3.95. The van der Waals surface area contributed by atoms with Gasteiger partial charge < -0.3 is 5.32 Å². The summed E-state index contributed by atoms with van der Waals surface area (Å²) >= 11 is 0. The van der Waals surface area contributed by atoms with E-state index in [1.165, 1.54) is 24.8 Å². The summed E-state index contributed by atoms with van der Waals surface area (Å²) in [6.45, 7) is 6.73. The molecule has 2 heteroatoms. The largest absolute Gasteiger partial charge is 0.382 e. The molecule has 17 heavy (non-hydrogen) atoms. The Morgan fingerprint density at radius 3 is 2.76 bits per heavy atom. The smallest absolute Gasteiger partial charge is 0.0992 e. The molecule has 0 radical (unpaired) electrons. The lowest BCUT2D eigenvalue weighted by Crippen LogP contribution is -2.31. The summed E-state index contributed by atoms with van der Waals surface area (Å²) in [6, 6.07) is 8.58. The Morgan fingerprint density at radius 1 is 1.41 bits per heavy atom. The van der Waals surface area contributed by atoms with Crippen LogP contribution in [0.4, 0.5) is 5.69 Å². The molecule has 1 N–H and O–H groups in total. The van der Waals surface area contributed by atoms with Crippen LogP contribution in [0.15, 0.2) is 18.2 Å². The van der Waals surface area contributed by atoms with Crippen molar-refractivity contribution >= 4 is 5.69 Å². The number of hydrogen-bond acceptors (Lipinski definition) is 2. The van der Waals surface area contributed by atoms with Crippen LogP contribution >= 0.6 is 0 Å². The predicted molar refractivity (Wildman–Crippen MR) is 70.9 cm³/mol. The second-order valence-electron chi connectivity index (χ2n) is 5.72.